The molecule has 1 aliphatic heterocycles. The summed E-state index contributed by atoms with van der Waals surface area (Å²) in [5, 5.41) is 9.87. The summed E-state index contributed by atoms with van der Waals surface area (Å²) in [6, 6.07) is 2.70. The number of hydrogen-bond acceptors (Lipinski definition) is 5. The molecular formula is C13H18N3O4S. The van der Waals surface area contributed by atoms with Gasteiger partial charge < -0.3 is 10.8 Å². The molecule has 1 radical (unpaired) electrons. The number of aliphatic hydroxyl groups excluding tert-OH is 1. The van der Waals surface area contributed by atoms with E-state index in [9.17, 15) is 18.3 Å². The maximum absolute atomic E-state index is 12.7. The van der Waals surface area contributed by atoms with Gasteiger partial charge in [-0.25, -0.2) is 13.4 Å². The van der Waals surface area contributed by atoms with Crippen LogP contribution in [0, 0.1) is 6.42 Å². The molecule has 0 bridgehead atoms. The lowest BCUT2D eigenvalue weighted by Crippen LogP contribution is -2.56. The van der Waals surface area contributed by atoms with E-state index in [1.54, 1.807) is 19.1 Å². The molecule has 115 valence electrons. The first kappa shape index (κ1) is 15.9. The molecule has 1 unspecified atom stereocenters. The van der Waals surface area contributed by atoms with Gasteiger partial charge in [-0.15, -0.1) is 0 Å². The molecule has 2 rings (SSSR count). The van der Waals surface area contributed by atoms with Crippen LogP contribution >= 0.6 is 0 Å². The highest BCUT2D eigenvalue weighted by Gasteiger charge is 2.44. The van der Waals surface area contributed by atoms with Crippen molar-refractivity contribution in [1.82, 2.24) is 9.29 Å². The van der Waals surface area contributed by atoms with Crippen LogP contribution in [0.15, 0.2) is 29.4 Å². The van der Waals surface area contributed by atoms with E-state index in [0.29, 0.717) is 12.8 Å². The van der Waals surface area contributed by atoms with E-state index in [1.807, 2.05) is 0 Å². The van der Waals surface area contributed by atoms with E-state index in [4.69, 9.17) is 5.73 Å². The number of aromatic nitrogens is 1. The monoisotopic (exact) mass is 312 g/mol. The molecule has 7 nitrogen and oxygen atoms in total. The number of amides is 1. The normalized spacial score (nSPS) is 28.0. The predicted molar refractivity (Wildman–Crippen MR) is 75.2 cm³/mol. The molecular weight excluding hydrogens is 294 g/mol. The molecule has 0 aliphatic carbocycles. The van der Waals surface area contributed by atoms with Crippen molar-refractivity contribution in [3.63, 3.8) is 0 Å². The Morgan fingerprint density at radius 2 is 2.19 bits per heavy atom. The van der Waals surface area contributed by atoms with Gasteiger partial charge >= 0.3 is 0 Å². The summed E-state index contributed by atoms with van der Waals surface area (Å²) >= 11 is 0. The van der Waals surface area contributed by atoms with Crippen LogP contribution in [0.1, 0.15) is 19.8 Å². The van der Waals surface area contributed by atoms with Gasteiger partial charge in [-0.1, -0.05) is 6.07 Å². The zero-order valence-corrected chi connectivity index (χ0v) is 12.4. The van der Waals surface area contributed by atoms with Gasteiger partial charge in [0.25, 0.3) is 10.0 Å². The Labute approximate surface area is 123 Å². The summed E-state index contributed by atoms with van der Waals surface area (Å²) in [5.74, 6) is -0.882. The highest BCUT2D eigenvalue weighted by atomic mass is 32.2. The second-order valence-corrected chi connectivity index (χ2v) is 6.79. The van der Waals surface area contributed by atoms with Gasteiger partial charge in [-0.05, 0) is 38.3 Å². The molecule has 1 saturated heterocycles. The summed E-state index contributed by atoms with van der Waals surface area (Å²) in [6.45, 7) is 1.68. The predicted octanol–water partition coefficient (Wildman–Crippen LogP) is -0.326. The molecule has 21 heavy (non-hydrogen) atoms. The third-order valence-electron chi connectivity index (χ3n) is 3.50. The Morgan fingerprint density at radius 3 is 2.76 bits per heavy atom. The summed E-state index contributed by atoms with van der Waals surface area (Å²) in [4.78, 5) is 15.5. The number of carbonyl (C=O) groups is 1. The molecule has 1 aromatic heterocycles. The van der Waals surface area contributed by atoms with Gasteiger partial charge in [0.2, 0.25) is 5.91 Å². The number of rotatable bonds is 3. The number of sulfonamides is 1. The van der Waals surface area contributed by atoms with Gasteiger partial charge in [-0.3, -0.25) is 4.79 Å². The number of nitrogens with zero attached hydrogens (tertiary/aromatic N) is 2. The van der Waals surface area contributed by atoms with Crippen molar-refractivity contribution in [2.24, 2.45) is 5.73 Å². The van der Waals surface area contributed by atoms with Gasteiger partial charge in [-0.2, -0.15) is 4.31 Å². The van der Waals surface area contributed by atoms with Crippen molar-refractivity contribution in [2.75, 3.05) is 0 Å². The molecule has 2 heterocycles. The number of carbonyl (C=O) groups excluding carboxylic acids is 1. The molecule has 1 aromatic rings. The average Bonchev–Trinajstić information content (AvgIpc) is 2.59. The fourth-order valence-electron chi connectivity index (χ4n) is 2.48. The fraction of sp³-hybridized carbons (Fsp3) is 0.462. The first-order chi connectivity index (χ1) is 9.85. The van der Waals surface area contributed by atoms with E-state index in [0.717, 1.165) is 4.31 Å². The SMILES string of the molecule is C[C@@H]1CC[CH][C@@H](O)C(C(N)=O)N1S(=O)(=O)c1ccccn1. The number of pyridine rings is 1. The molecule has 0 saturated carbocycles. The molecule has 1 amide bonds. The van der Waals surface area contributed by atoms with Crippen molar-refractivity contribution in [2.45, 2.75) is 43.0 Å². The maximum atomic E-state index is 12.7. The molecule has 8 heteroatoms. The van der Waals surface area contributed by atoms with Crippen LogP contribution < -0.4 is 5.73 Å². The maximum Gasteiger partial charge on any atom is 0.261 e. The van der Waals surface area contributed by atoms with Crippen molar-refractivity contribution in [3.05, 3.63) is 30.8 Å². The van der Waals surface area contributed by atoms with Gasteiger partial charge in [0.1, 0.15) is 6.04 Å². The Kier molecular flexibility index (Phi) is 4.60. The van der Waals surface area contributed by atoms with Crippen LogP contribution in [0.5, 0.6) is 0 Å². The average molecular weight is 312 g/mol. The van der Waals surface area contributed by atoms with Crippen LogP contribution in [0.2, 0.25) is 0 Å². The summed E-state index contributed by atoms with van der Waals surface area (Å²) in [7, 11) is -4.02. The number of nitrogens with two attached hydrogens (primary N) is 1. The smallest absolute Gasteiger partial charge is 0.261 e. The Morgan fingerprint density at radius 1 is 1.48 bits per heavy atom. The summed E-state index contributed by atoms with van der Waals surface area (Å²) in [6.07, 6.45) is 2.63. The van der Waals surface area contributed by atoms with Crippen LogP contribution in [0.25, 0.3) is 0 Å². The number of primary amides is 1. The van der Waals surface area contributed by atoms with Gasteiger partial charge in [0.05, 0.1) is 6.10 Å². The standard InChI is InChI=1S/C13H18N3O4S/c1-9-5-4-6-10(17)12(13(14)18)16(9)21(19,20)11-7-2-3-8-15-11/h2-3,6-10,12,17H,4-5H2,1H3,(H2,14,18)/t9-,10-,12?/m1/s1. The van der Waals surface area contributed by atoms with E-state index in [1.165, 1.54) is 18.7 Å². The molecule has 0 spiro atoms. The van der Waals surface area contributed by atoms with Crippen LogP contribution in [0.4, 0.5) is 0 Å². The summed E-state index contributed by atoms with van der Waals surface area (Å²) in [5.41, 5.74) is 5.31. The first-order valence-electron chi connectivity index (χ1n) is 6.61. The largest absolute Gasteiger partial charge is 0.391 e. The van der Waals surface area contributed by atoms with E-state index >= 15 is 0 Å². The lowest BCUT2D eigenvalue weighted by Gasteiger charge is -2.32. The van der Waals surface area contributed by atoms with Gasteiger partial charge in [0, 0.05) is 12.2 Å². The van der Waals surface area contributed by atoms with Crippen LogP contribution in [0.3, 0.4) is 0 Å². The van der Waals surface area contributed by atoms with Crippen molar-refractivity contribution in [3.8, 4) is 0 Å². The highest BCUT2D eigenvalue weighted by molar-refractivity contribution is 7.89. The Hall–Kier alpha value is -1.51. The van der Waals surface area contributed by atoms with E-state index < -0.39 is 34.1 Å². The highest BCUT2D eigenvalue weighted by Crippen LogP contribution is 2.27. The molecule has 1 fully saturated rings. The second-order valence-electron chi connectivity index (χ2n) is 5.00. The number of aliphatic hydroxyl groups is 1. The minimum atomic E-state index is -4.02. The third kappa shape index (κ3) is 3.07. The zero-order valence-electron chi connectivity index (χ0n) is 11.6. The minimum Gasteiger partial charge on any atom is -0.391 e. The van der Waals surface area contributed by atoms with Gasteiger partial charge in [0.15, 0.2) is 5.03 Å². The fourth-order valence-corrected chi connectivity index (χ4v) is 4.24. The lowest BCUT2D eigenvalue weighted by molar-refractivity contribution is -0.124. The van der Waals surface area contributed by atoms with Crippen molar-refractivity contribution < 1.29 is 18.3 Å². The third-order valence-corrected chi connectivity index (χ3v) is 5.41. The van der Waals surface area contributed by atoms with Crippen molar-refractivity contribution >= 4 is 15.9 Å². The van der Waals surface area contributed by atoms with Crippen LogP contribution in [-0.4, -0.2) is 46.9 Å². The molecule has 3 N–H and O–H groups in total. The van der Waals surface area contributed by atoms with Crippen LogP contribution in [-0.2, 0) is 14.8 Å². The minimum absolute atomic E-state index is 0.169. The lowest BCUT2D eigenvalue weighted by atomic mass is 10.1. The number of hydrogen-bond donors (Lipinski definition) is 2. The topological polar surface area (TPSA) is 114 Å². The molecule has 0 aromatic carbocycles. The van der Waals surface area contributed by atoms with E-state index in [-0.39, 0.29) is 5.03 Å². The first-order valence-corrected chi connectivity index (χ1v) is 8.05. The quantitative estimate of drug-likeness (QED) is 0.793. The molecule has 1 aliphatic rings. The Bertz CT molecular complexity index is 605. The zero-order chi connectivity index (χ0) is 15.6. The summed E-state index contributed by atoms with van der Waals surface area (Å²) < 4.78 is 26.5. The van der Waals surface area contributed by atoms with Crippen molar-refractivity contribution in [1.29, 1.82) is 0 Å². The molecule has 3 atom stereocenters. The Balaban J connectivity index is 2.52. The second kappa shape index (κ2) is 6.08. The van der Waals surface area contributed by atoms with E-state index in [2.05, 4.69) is 4.98 Å².